The number of rotatable bonds is 17. The summed E-state index contributed by atoms with van der Waals surface area (Å²) in [5, 5.41) is 10.3. The SMILES string of the molecule is CCCCCCCCCCCCCCOC(=O)[C@@H](N)CCC(=O)[O-].[K+]. The largest absolute Gasteiger partial charge is 1.00 e. The molecule has 0 amide bonds. The zero-order valence-corrected chi connectivity index (χ0v) is 19.5. The molecule has 0 aromatic carbocycles. The van der Waals surface area contributed by atoms with Crippen molar-refractivity contribution >= 4 is 11.9 Å². The van der Waals surface area contributed by atoms with Crippen molar-refractivity contribution in [2.45, 2.75) is 103 Å². The van der Waals surface area contributed by atoms with Crippen LogP contribution in [0.4, 0.5) is 0 Å². The van der Waals surface area contributed by atoms with Crippen LogP contribution in [0.1, 0.15) is 96.8 Å². The monoisotopic (exact) mass is 381 g/mol. The molecule has 0 saturated heterocycles. The molecule has 2 N–H and O–H groups in total. The third-order valence-electron chi connectivity index (χ3n) is 4.20. The van der Waals surface area contributed by atoms with E-state index in [1.54, 1.807) is 0 Å². The van der Waals surface area contributed by atoms with Gasteiger partial charge in [-0.1, -0.05) is 77.6 Å². The molecule has 0 saturated carbocycles. The van der Waals surface area contributed by atoms with Gasteiger partial charge in [-0.05, 0) is 19.3 Å². The number of carbonyl (C=O) groups excluding carboxylic acids is 2. The maximum absolute atomic E-state index is 11.5. The first-order valence-corrected chi connectivity index (χ1v) is 9.70. The third-order valence-corrected chi connectivity index (χ3v) is 4.20. The second-order valence-electron chi connectivity index (χ2n) is 6.57. The number of aliphatic carboxylic acids is 1. The molecule has 5 nitrogen and oxygen atoms in total. The molecule has 0 aliphatic heterocycles. The van der Waals surface area contributed by atoms with Crippen molar-refractivity contribution in [3.05, 3.63) is 0 Å². The van der Waals surface area contributed by atoms with E-state index in [4.69, 9.17) is 10.5 Å². The quantitative estimate of drug-likeness (QED) is 0.219. The molecule has 0 bridgehead atoms. The zero-order chi connectivity index (χ0) is 18.0. The van der Waals surface area contributed by atoms with Crippen LogP contribution in [0.3, 0.4) is 0 Å². The average molecular weight is 382 g/mol. The zero-order valence-electron chi connectivity index (χ0n) is 16.4. The number of esters is 1. The number of hydrogen-bond acceptors (Lipinski definition) is 5. The first-order chi connectivity index (χ1) is 11.6. The van der Waals surface area contributed by atoms with E-state index in [2.05, 4.69) is 6.92 Å². The van der Waals surface area contributed by atoms with Crippen molar-refractivity contribution in [2.24, 2.45) is 5.73 Å². The maximum Gasteiger partial charge on any atom is 1.00 e. The fourth-order valence-electron chi connectivity index (χ4n) is 2.61. The molecule has 0 unspecified atom stereocenters. The van der Waals surface area contributed by atoms with E-state index in [1.165, 1.54) is 64.2 Å². The Bertz CT molecular complexity index is 327. The van der Waals surface area contributed by atoms with Crippen LogP contribution in [-0.2, 0) is 14.3 Å². The predicted molar refractivity (Wildman–Crippen MR) is 94.3 cm³/mol. The van der Waals surface area contributed by atoms with Crippen molar-refractivity contribution in [2.75, 3.05) is 6.61 Å². The van der Waals surface area contributed by atoms with Gasteiger partial charge in [0, 0.05) is 5.97 Å². The van der Waals surface area contributed by atoms with Crippen LogP contribution in [0.2, 0.25) is 0 Å². The van der Waals surface area contributed by atoms with E-state index >= 15 is 0 Å². The summed E-state index contributed by atoms with van der Waals surface area (Å²) < 4.78 is 5.05. The predicted octanol–water partition coefficient (Wildman–Crippen LogP) is 0.0921. The molecule has 0 fully saturated rings. The van der Waals surface area contributed by atoms with E-state index in [0.29, 0.717) is 6.61 Å². The molecule has 0 aliphatic carbocycles. The number of carbonyl (C=O) groups is 2. The summed E-state index contributed by atoms with van der Waals surface area (Å²) in [6.07, 6.45) is 14.9. The van der Waals surface area contributed by atoms with Gasteiger partial charge in [-0.25, -0.2) is 0 Å². The van der Waals surface area contributed by atoms with Crippen LogP contribution in [0.15, 0.2) is 0 Å². The average Bonchev–Trinajstić information content (AvgIpc) is 2.56. The topological polar surface area (TPSA) is 92.5 Å². The molecule has 142 valence electrons. The second kappa shape index (κ2) is 20.8. The Labute approximate surface area is 196 Å². The van der Waals surface area contributed by atoms with Crippen LogP contribution >= 0.6 is 0 Å². The summed E-state index contributed by atoms with van der Waals surface area (Å²) in [6, 6.07) is -0.861. The van der Waals surface area contributed by atoms with E-state index < -0.39 is 18.0 Å². The van der Waals surface area contributed by atoms with Gasteiger partial charge in [-0.3, -0.25) is 4.79 Å². The van der Waals surface area contributed by atoms with Crippen LogP contribution in [0.25, 0.3) is 0 Å². The molecule has 0 aliphatic rings. The molecule has 0 aromatic heterocycles. The van der Waals surface area contributed by atoms with E-state index in [0.717, 1.165) is 12.8 Å². The van der Waals surface area contributed by atoms with Crippen molar-refractivity contribution in [3.63, 3.8) is 0 Å². The van der Waals surface area contributed by atoms with Crippen LogP contribution in [0, 0.1) is 0 Å². The normalized spacial score (nSPS) is 11.6. The summed E-state index contributed by atoms with van der Waals surface area (Å²) in [7, 11) is 0. The van der Waals surface area contributed by atoms with Gasteiger partial charge in [0.25, 0.3) is 0 Å². The summed E-state index contributed by atoms with van der Waals surface area (Å²) in [6.45, 7) is 2.61. The molecule has 0 spiro atoms. The van der Waals surface area contributed by atoms with Gasteiger partial charge in [0.15, 0.2) is 0 Å². The molecule has 0 rings (SSSR count). The molecule has 25 heavy (non-hydrogen) atoms. The van der Waals surface area contributed by atoms with Crippen molar-refractivity contribution in [3.8, 4) is 0 Å². The minimum Gasteiger partial charge on any atom is -0.550 e. The van der Waals surface area contributed by atoms with E-state index in [1.807, 2.05) is 0 Å². The molecule has 1 atom stereocenters. The van der Waals surface area contributed by atoms with Crippen molar-refractivity contribution < 1.29 is 70.8 Å². The molecule has 6 heteroatoms. The van der Waals surface area contributed by atoms with Crippen LogP contribution < -0.4 is 62.2 Å². The standard InChI is InChI=1S/C19H37NO4.K/c1-2-3-4-5-6-7-8-9-10-11-12-13-16-24-19(23)17(20)14-15-18(21)22;/h17H,2-16,20H2,1H3,(H,21,22);/q;+1/p-1/t17-;/m0./s1. The Morgan fingerprint density at radius 1 is 0.880 bits per heavy atom. The minimum absolute atomic E-state index is 0. The Morgan fingerprint density at radius 2 is 1.32 bits per heavy atom. The fourth-order valence-corrected chi connectivity index (χ4v) is 2.61. The van der Waals surface area contributed by atoms with Gasteiger partial charge in [0.1, 0.15) is 6.04 Å². The van der Waals surface area contributed by atoms with Crippen molar-refractivity contribution in [1.82, 2.24) is 0 Å². The maximum atomic E-state index is 11.5. The van der Waals surface area contributed by atoms with Crippen LogP contribution in [0.5, 0.6) is 0 Å². The Kier molecular flexibility index (Phi) is 23.1. The minimum atomic E-state index is -1.20. The molecule has 0 aromatic rings. The van der Waals surface area contributed by atoms with E-state index in [9.17, 15) is 14.7 Å². The summed E-state index contributed by atoms with van der Waals surface area (Å²) >= 11 is 0. The molecular weight excluding hydrogens is 345 g/mol. The molecular formula is C19H36KNO4. The van der Waals surface area contributed by atoms with Gasteiger partial charge in [-0.2, -0.15) is 0 Å². The summed E-state index contributed by atoms with van der Waals surface area (Å²) in [5.41, 5.74) is 5.55. The number of ether oxygens (including phenoxy) is 1. The van der Waals surface area contributed by atoms with Gasteiger partial charge in [0.05, 0.1) is 6.61 Å². The van der Waals surface area contributed by atoms with Gasteiger partial charge >= 0.3 is 57.4 Å². The van der Waals surface area contributed by atoms with Crippen molar-refractivity contribution in [1.29, 1.82) is 0 Å². The first kappa shape index (κ1) is 27.8. The Morgan fingerprint density at radius 3 is 1.76 bits per heavy atom. The Balaban J connectivity index is 0. The van der Waals surface area contributed by atoms with Crippen LogP contribution in [-0.4, -0.2) is 24.6 Å². The number of carboxylic acids is 1. The molecule has 0 radical (unpaired) electrons. The molecule has 0 heterocycles. The Hall–Kier alpha value is 0.536. The number of unbranched alkanes of at least 4 members (excludes halogenated alkanes) is 11. The van der Waals surface area contributed by atoms with E-state index in [-0.39, 0.29) is 64.2 Å². The first-order valence-electron chi connectivity index (χ1n) is 9.70. The number of hydrogen-bond donors (Lipinski definition) is 1. The summed E-state index contributed by atoms with van der Waals surface area (Å²) in [4.78, 5) is 21.8. The smallest absolute Gasteiger partial charge is 0.550 e. The number of carboxylic acid groups (broad SMARTS) is 1. The fraction of sp³-hybridized carbons (Fsp3) is 0.895. The van der Waals surface area contributed by atoms with Gasteiger partial charge < -0.3 is 20.4 Å². The summed E-state index contributed by atoms with van der Waals surface area (Å²) in [5.74, 6) is -1.71. The number of nitrogens with two attached hydrogens (primary N) is 1. The second-order valence-corrected chi connectivity index (χ2v) is 6.57. The van der Waals surface area contributed by atoms with Gasteiger partial charge in [0.2, 0.25) is 0 Å². The van der Waals surface area contributed by atoms with Gasteiger partial charge in [-0.15, -0.1) is 0 Å². The third kappa shape index (κ3) is 20.7.